The minimum absolute atomic E-state index is 0.672. The van der Waals surface area contributed by atoms with Gasteiger partial charge < -0.3 is 4.40 Å². The molecule has 2 heteroatoms. The van der Waals surface area contributed by atoms with E-state index in [-0.39, 0.29) is 0 Å². The minimum atomic E-state index is 0.672. The highest BCUT2D eigenvalue weighted by Crippen LogP contribution is 2.44. The average Bonchev–Trinajstić information content (AvgIpc) is 3.16. The summed E-state index contributed by atoms with van der Waals surface area (Å²) in [5.74, 6) is 0.672. The van der Waals surface area contributed by atoms with Gasteiger partial charge in [-0.25, -0.2) is 0 Å². The lowest BCUT2D eigenvalue weighted by molar-refractivity contribution is -0.644. The molecule has 0 bridgehead atoms. The summed E-state index contributed by atoms with van der Waals surface area (Å²) in [5, 5.41) is 6.96. The van der Waals surface area contributed by atoms with E-state index in [0.29, 0.717) is 5.92 Å². The molecule has 7 rings (SSSR count). The summed E-state index contributed by atoms with van der Waals surface area (Å²) in [4.78, 5) is 0. The van der Waals surface area contributed by atoms with Crippen molar-refractivity contribution >= 4 is 49.0 Å². The van der Waals surface area contributed by atoms with Crippen molar-refractivity contribution in [2.75, 3.05) is 0 Å². The highest BCUT2D eigenvalue weighted by Gasteiger charge is 2.27. The van der Waals surface area contributed by atoms with E-state index in [1.165, 1.54) is 92.2 Å². The Labute approximate surface area is 188 Å². The first-order valence-electron chi connectivity index (χ1n) is 12.1. The van der Waals surface area contributed by atoms with Crippen molar-refractivity contribution in [2.45, 2.75) is 51.9 Å². The van der Waals surface area contributed by atoms with Gasteiger partial charge in [0.2, 0.25) is 5.52 Å². The first-order chi connectivity index (χ1) is 15.6. The molecule has 158 valence electrons. The van der Waals surface area contributed by atoms with Crippen molar-refractivity contribution in [3.63, 3.8) is 0 Å². The number of para-hydroxylation sites is 1. The Bertz CT molecular complexity index is 1680. The molecule has 1 fully saturated rings. The van der Waals surface area contributed by atoms with Crippen molar-refractivity contribution in [3.8, 4) is 0 Å². The number of benzene rings is 3. The molecule has 32 heavy (non-hydrogen) atoms. The fraction of sp³-hybridized carbons (Fsp3) is 0.300. The van der Waals surface area contributed by atoms with Gasteiger partial charge in [0.1, 0.15) is 12.6 Å². The molecule has 0 radical (unpaired) electrons. The number of pyridine rings is 2. The molecule has 1 aliphatic carbocycles. The second kappa shape index (κ2) is 6.45. The van der Waals surface area contributed by atoms with Crippen LogP contribution in [0.2, 0.25) is 0 Å². The topological polar surface area (TPSA) is 8.29 Å². The summed E-state index contributed by atoms with van der Waals surface area (Å²) in [6, 6.07) is 18.6. The highest BCUT2D eigenvalue weighted by atomic mass is 15.0. The van der Waals surface area contributed by atoms with E-state index in [4.69, 9.17) is 0 Å². The molecule has 3 heterocycles. The van der Waals surface area contributed by atoms with Gasteiger partial charge in [-0.3, -0.25) is 0 Å². The third kappa shape index (κ3) is 2.23. The van der Waals surface area contributed by atoms with Crippen molar-refractivity contribution in [1.29, 1.82) is 0 Å². The van der Waals surface area contributed by atoms with Crippen LogP contribution in [0.25, 0.3) is 49.0 Å². The maximum absolute atomic E-state index is 2.62. The zero-order valence-electron chi connectivity index (χ0n) is 19.2. The average molecular weight is 418 g/mol. The highest BCUT2D eigenvalue weighted by molar-refractivity contribution is 6.26. The minimum Gasteiger partial charge on any atom is -0.303 e. The second-order valence-electron chi connectivity index (χ2n) is 10.0. The Morgan fingerprint density at radius 1 is 0.844 bits per heavy atom. The van der Waals surface area contributed by atoms with E-state index >= 15 is 0 Å². The normalized spacial score (nSPS) is 15.8. The Hall–Kier alpha value is -3.13. The van der Waals surface area contributed by atoms with Crippen LogP contribution in [0.1, 0.15) is 54.7 Å². The standard InChI is InChI=1S/C30H29N2/c1-18-17-21-11-7-14-25-27(21)26(19(18)2)30-29-24(15-16-31(30)3)23-13-8-12-22(28(23)32(25)29)20-9-5-4-6-10-20/h7-8,11-17,20H,4-6,9-10H2,1-3H3/q+1. The summed E-state index contributed by atoms with van der Waals surface area (Å²) in [5.41, 5.74) is 9.85. The number of rotatable bonds is 1. The van der Waals surface area contributed by atoms with Gasteiger partial charge in [-0.05, 0) is 60.7 Å². The zero-order chi connectivity index (χ0) is 21.6. The zero-order valence-corrected chi connectivity index (χ0v) is 19.2. The number of nitrogens with zero attached hydrogens (tertiary/aromatic N) is 2. The van der Waals surface area contributed by atoms with Crippen LogP contribution in [0.5, 0.6) is 0 Å². The summed E-state index contributed by atoms with van der Waals surface area (Å²) < 4.78 is 4.96. The van der Waals surface area contributed by atoms with Crippen LogP contribution in [0.3, 0.4) is 0 Å². The van der Waals surface area contributed by atoms with Crippen molar-refractivity contribution in [2.24, 2.45) is 7.05 Å². The number of aryl methyl sites for hydroxylation is 3. The molecule has 3 aromatic carbocycles. The smallest absolute Gasteiger partial charge is 0.238 e. The van der Waals surface area contributed by atoms with Crippen molar-refractivity contribution in [3.05, 3.63) is 71.4 Å². The predicted octanol–water partition coefficient (Wildman–Crippen LogP) is 7.48. The van der Waals surface area contributed by atoms with Gasteiger partial charge in [-0.15, -0.1) is 0 Å². The van der Waals surface area contributed by atoms with E-state index in [2.05, 4.69) is 84.6 Å². The summed E-state index contributed by atoms with van der Waals surface area (Å²) >= 11 is 0. The van der Waals surface area contributed by atoms with Crippen LogP contribution >= 0.6 is 0 Å². The molecule has 1 aliphatic rings. The molecular weight excluding hydrogens is 388 g/mol. The SMILES string of the molecule is Cc1cc2cccc3c2c(c1C)c1c2c(cc[n+]1C)c1cccc(C4CCCCC4)c1n32. The lowest BCUT2D eigenvalue weighted by Crippen LogP contribution is -2.29. The number of hydrogen-bond donors (Lipinski definition) is 0. The quantitative estimate of drug-likeness (QED) is 0.149. The maximum Gasteiger partial charge on any atom is 0.238 e. The molecule has 0 amide bonds. The molecule has 0 atom stereocenters. The first kappa shape index (κ1) is 18.4. The number of aromatic nitrogens is 2. The van der Waals surface area contributed by atoms with E-state index in [9.17, 15) is 0 Å². The number of fused-ring (bicyclic) bond motifs is 5. The third-order valence-electron chi connectivity index (χ3n) is 8.29. The molecule has 6 aromatic rings. The van der Waals surface area contributed by atoms with Gasteiger partial charge in [0.05, 0.1) is 16.4 Å². The molecule has 1 saturated carbocycles. The van der Waals surface area contributed by atoms with E-state index in [1.807, 2.05) is 0 Å². The Morgan fingerprint density at radius 3 is 2.47 bits per heavy atom. The van der Waals surface area contributed by atoms with Gasteiger partial charge >= 0.3 is 0 Å². The van der Waals surface area contributed by atoms with Gasteiger partial charge in [-0.2, -0.15) is 4.57 Å². The van der Waals surface area contributed by atoms with Crippen LogP contribution in [0, 0.1) is 13.8 Å². The summed E-state index contributed by atoms with van der Waals surface area (Å²) in [7, 11) is 2.21. The van der Waals surface area contributed by atoms with Gasteiger partial charge in [0, 0.05) is 22.2 Å². The Morgan fingerprint density at radius 2 is 1.62 bits per heavy atom. The molecule has 0 unspecified atom stereocenters. The van der Waals surface area contributed by atoms with Crippen LogP contribution < -0.4 is 4.57 Å². The molecule has 0 saturated heterocycles. The van der Waals surface area contributed by atoms with E-state index < -0.39 is 0 Å². The lowest BCUT2D eigenvalue weighted by atomic mass is 9.83. The molecule has 0 spiro atoms. The lowest BCUT2D eigenvalue weighted by Gasteiger charge is -2.23. The summed E-state index contributed by atoms with van der Waals surface area (Å²) in [6.07, 6.45) is 9.01. The fourth-order valence-electron chi connectivity index (χ4n) is 6.66. The molecular formula is C30H29N2+. The number of hydrogen-bond acceptors (Lipinski definition) is 0. The maximum atomic E-state index is 2.62. The van der Waals surface area contributed by atoms with Crippen LogP contribution in [0.4, 0.5) is 0 Å². The van der Waals surface area contributed by atoms with Gasteiger partial charge in [-0.1, -0.05) is 55.7 Å². The molecule has 2 nitrogen and oxygen atoms in total. The predicted molar refractivity (Wildman–Crippen MR) is 135 cm³/mol. The molecule has 0 N–H and O–H groups in total. The fourth-order valence-corrected chi connectivity index (χ4v) is 6.66. The Balaban J connectivity index is 1.82. The van der Waals surface area contributed by atoms with E-state index in [0.717, 1.165) is 0 Å². The van der Waals surface area contributed by atoms with Crippen LogP contribution in [-0.2, 0) is 7.05 Å². The second-order valence-corrected chi connectivity index (χ2v) is 10.0. The monoisotopic (exact) mass is 417 g/mol. The summed E-state index contributed by atoms with van der Waals surface area (Å²) in [6.45, 7) is 4.55. The Kier molecular flexibility index (Phi) is 3.72. The van der Waals surface area contributed by atoms with Crippen molar-refractivity contribution in [1.82, 2.24) is 4.40 Å². The van der Waals surface area contributed by atoms with Crippen LogP contribution in [-0.4, -0.2) is 4.40 Å². The van der Waals surface area contributed by atoms with Crippen LogP contribution in [0.15, 0.2) is 54.7 Å². The molecule has 3 aromatic heterocycles. The molecule has 0 aliphatic heterocycles. The van der Waals surface area contributed by atoms with E-state index in [1.54, 1.807) is 5.56 Å². The largest absolute Gasteiger partial charge is 0.303 e. The van der Waals surface area contributed by atoms with Gasteiger partial charge in [0.15, 0.2) is 6.20 Å². The van der Waals surface area contributed by atoms with Crippen molar-refractivity contribution < 1.29 is 4.57 Å². The van der Waals surface area contributed by atoms with Gasteiger partial charge in [0.25, 0.3) is 0 Å². The first-order valence-corrected chi connectivity index (χ1v) is 12.1. The third-order valence-corrected chi connectivity index (χ3v) is 8.29.